The van der Waals surface area contributed by atoms with Crippen molar-refractivity contribution in [2.75, 3.05) is 0 Å². The Morgan fingerprint density at radius 3 is 2.41 bits per heavy atom. The molecule has 1 saturated carbocycles. The van der Waals surface area contributed by atoms with Crippen LogP contribution >= 0.6 is 0 Å². The Hall–Kier alpha value is -1.04. The highest BCUT2D eigenvalue weighted by Crippen LogP contribution is 2.38. The summed E-state index contributed by atoms with van der Waals surface area (Å²) in [5.41, 5.74) is 1.53. The van der Waals surface area contributed by atoms with Crippen molar-refractivity contribution in [1.82, 2.24) is 0 Å². The molecule has 0 saturated heterocycles. The first-order chi connectivity index (χ1) is 8.29. The largest absolute Gasteiger partial charge is 0.0817 e. The van der Waals surface area contributed by atoms with Crippen molar-refractivity contribution >= 4 is 0 Å². The van der Waals surface area contributed by atoms with Crippen LogP contribution in [0, 0.1) is 18.4 Å². The van der Waals surface area contributed by atoms with Crippen LogP contribution in [-0.4, -0.2) is 0 Å². The lowest BCUT2D eigenvalue weighted by Gasteiger charge is -2.29. The van der Waals surface area contributed by atoms with Gasteiger partial charge in [-0.2, -0.15) is 0 Å². The van der Waals surface area contributed by atoms with E-state index in [1.807, 2.05) is 6.08 Å². The van der Waals surface area contributed by atoms with Gasteiger partial charge in [0.15, 0.2) is 0 Å². The van der Waals surface area contributed by atoms with Gasteiger partial charge in [-0.3, -0.25) is 0 Å². The van der Waals surface area contributed by atoms with E-state index in [2.05, 4.69) is 37.3 Å². The molecular weight excluding hydrogens is 204 g/mol. The van der Waals surface area contributed by atoms with Gasteiger partial charge >= 0.3 is 0 Å². The molecule has 1 atom stereocenters. The van der Waals surface area contributed by atoms with Crippen LogP contribution in [0.15, 0.2) is 36.4 Å². The molecule has 1 unspecified atom stereocenters. The Labute approximate surface area is 106 Å². The van der Waals surface area contributed by atoms with E-state index in [4.69, 9.17) is 6.58 Å². The van der Waals surface area contributed by atoms with E-state index >= 15 is 0 Å². The fourth-order valence-electron chi connectivity index (χ4n) is 3.06. The standard InChI is InChI=1S/C17H23/c1-3-14(2)13-15-9-11-17(12-10-15)16-7-5-4-6-8-16/h1,3-8,14-15,17H,9-13H2,2H3. The van der Waals surface area contributed by atoms with Crippen LogP contribution in [0.3, 0.4) is 0 Å². The van der Waals surface area contributed by atoms with Crippen LogP contribution < -0.4 is 0 Å². The Kier molecular flexibility index (Phi) is 4.42. The summed E-state index contributed by atoms with van der Waals surface area (Å²) in [6, 6.07) is 11.0. The molecule has 2 rings (SSSR count). The first kappa shape index (κ1) is 12.4. The minimum Gasteiger partial charge on any atom is -0.0817 e. The number of hydrogen-bond acceptors (Lipinski definition) is 0. The van der Waals surface area contributed by atoms with Gasteiger partial charge in [-0.25, -0.2) is 0 Å². The molecule has 1 aromatic carbocycles. The van der Waals surface area contributed by atoms with Gasteiger partial charge in [0, 0.05) is 0 Å². The van der Waals surface area contributed by atoms with Crippen LogP contribution in [0.25, 0.3) is 0 Å². The van der Waals surface area contributed by atoms with Crippen molar-refractivity contribution in [3.05, 3.63) is 48.6 Å². The molecule has 0 bridgehead atoms. The molecule has 1 radical (unpaired) electrons. The summed E-state index contributed by atoms with van der Waals surface area (Å²) in [5, 5.41) is 0. The lowest BCUT2D eigenvalue weighted by molar-refractivity contribution is 0.291. The zero-order chi connectivity index (χ0) is 12.1. The topological polar surface area (TPSA) is 0 Å². The third kappa shape index (κ3) is 3.46. The molecule has 91 valence electrons. The highest BCUT2D eigenvalue weighted by molar-refractivity contribution is 5.19. The van der Waals surface area contributed by atoms with Crippen LogP contribution in [0.5, 0.6) is 0 Å². The van der Waals surface area contributed by atoms with Gasteiger partial charge in [0.1, 0.15) is 0 Å². The molecule has 1 aliphatic carbocycles. The lowest BCUT2D eigenvalue weighted by Crippen LogP contribution is -2.15. The molecule has 0 aliphatic heterocycles. The molecule has 0 spiro atoms. The second-order valence-electron chi connectivity index (χ2n) is 5.53. The number of allylic oxidation sites excluding steroid dienone is 1. The van der Waals surface area contributed by atoms with E-state index in [1.165, 1.54) is 37.7 Å². The summed E-state index contributed by atoms with van der Waals surface area (Å²) in [5.74, 6) is 2.27. The molecule has 1 aliphatic rings. The summed E-state index contributed by atoms with van der Waals surface area (Å²) in [6.45, 7) is 7.81. The Morgan fingerprint density at radius 1 is 1.18 bits per heavy atom. The van der Waals surface area contributed by atoms with Crippen LogP contribution in [0.1, 0.15) is 50.5 Å². The van der Waals surface area contributed by atoms with Gasteiger partial charge in [-0.1, -0.05) is 49.9 Å². The van der Waals surface area contributed by atoms with E-state index in [0.29, 0.717) is 5.92 Å². The van der Waals surface area contributed by atoms with Crippen molar-refractivity contribution < 1.29 is 0 Å². The van der Waals surface area contributed by atoms with Crippen molar-refractivity contribution in [1.29, 1.82) is 0 Å². The van der Waals surface area contributed by atoms with E-state index in [9.17, 15) is 0 Å². The summed E-state index contributed by atoms with van der Waals surface area (Å²) >= 11 is 0. The highest BCUT2D eigenvalue weighted by Gasteiger charge is 2.22. The summed E-state index contributed by atoms with van der Waals surface area (Å²) in [4.78, 5) is 0. The first-order valence-electron chi connectivity index (χ1n) is 6.89. The Balaban J connectivity index is 1.84. The lowest BCUT2D eigenvalue weighted by atomic mass is 9.76. The van der Waals surface area contributed by atoms with Gasteiger partial charge in [-0.15, -0.1) is 0 Å². The van der Waals surface area contributed by atoms with Crippen LogP contribution in [0.4, 0.5) is 0 Å². The maximum Gasteiger partial charge on any atom is -0.0162 e. The molecule has 1 aromatic rings. The van der Waals surface area contributed by atoms with Gasteiger partial charge in [0.25, 0.3) is 0 Å². The zero-order valence-corrected chi connectivity index (χ0v) is 10.8. The van der Waals surface area contributed by atoms with Gasteiger partial charge in [-0.05, 0) is 55.4 Å². The smallest absolute Gasteiger partial charge is 0.0162 e. The van der Waals surface area contributed by atoms with Crippen molar-refractivity contribution in [2.45, 2.75) is 44.9 Å². The SMILES string of the molecule is [CH]=CC(C)CC1CCC(c2ccccc2)CC1. The second kappa shape index (κ2) is 6.05. The van der Waals surface area contributed by atoms with Crippen molar-refractivity contribution in [3.8, 4) is 0 Å². The molecule has 0 amide bonds. The van der Waals surface area contributed by atoms with Crippen LogP contribution in [-0.2, 0) is 0 Å². The van der Waals surface area contributed by atoms with Gasteiger partial charge in [0.05, 0.1) is 0 Å². The Morgan fingerprint density at radius 2 is 1.82 bits per heavy atom. The van der Waals surface area contributed by atoms with Gasteiger partial charge < -0.3 is 0 Å². The van der Waals surface area contributed by atoms with Crippen LogP contribution in [0.2, 0.25) is 0 Å². The van der Waals surface area contributed by atoms with Crippen molar-refractivity contribution in [3.63, 3.8) is 0 Å². The fourth-order valence-corrected chi connectivity index (χ4v) is 3.06. The molecule has 0 heterocycles. The monoisotopic (exact) mass is 227 g/mol. The van der Waals surface area contributed by atoms with Crippen molar-refractivity contribution in [2.24, 2.45) is 11.8 Å². The van der Waals surface area contributed by atoms with E-state index < -0.39 is 0 Å². The normalized spacial score (nSPS) is 26.4. The zero-order valence-electron chi connectivity index (χ0n) is 10.8. The molecule has 0 nitrogen and oxygen atoms in total. The third-order valence-electron chi connectivity index (χ3n) is 4.15. The maximum atomic E-state index is 5.58. The predicted octanol–water partition coefficient (Wildman–Crippen LogP) is 4.98. The molecule has 0 aromatic heterocycles. The summed E-state index contributed by atoms with van der Waals surface area (Å²) in [6.07, 6.45) is 8.58. The number of rotatable bonds is 4. The Bertz CT molecular complexity index is 330. The van der Waals surface area contributed by atoms with E-state index in [1.54, 1.807) is 0 Å². The average Bonchev–Trinajstić information content (AvgIpc) is 2.40. The van der Waals surface area contributed by atoms with E-state index in [-0.39, 0.29) is 0 Å². The first-order valence-corrected chi connectivity index (χ1v) is 6.89. The molecule has 0 N–H and O–H groups in total. The fraction of sp³-hybridized carbons (Fsp3) is 0.529. The summed E-state index contributed by atoms with van der Waals surface area (Å²) in [7, 11) is 0. The quantitative estimate of drug-likeness (QED) is 0.681. The molecule has 1 fully saturated rings. The van der Waals surface area contributed by atoms with E-state index in [0.717, 1.165) is 11.8 Å². The van der Waals surface area contributed by atoms with Gasteiger partial charge in [0.2, 0.25) is 0 Å². The minimum atomic E-state index is 0.577. The second-order valence-corrected chi connectivity index (χ2v) is 5.53. The highest BCUT2D eigenvalue weighted by atomic mass is 14.3. The third-order valence-corrected chi connectivity index (χ3v) is 4.15. The molecule has 0 heteroatoms. The number of hydrogen-bond donors (Lipinski definition) is 0. The molecule has 17 heavy (non-hydrogen) atoms. The average molecular weight is 227 g/mol. The maximum absolute atomic E-state index is 5.58. The summed E-state index contributed by atoms with van der Waals surface area (Å²) < 4.78 is 0. The molecular formula is C17H23. The predicted molar refractivity (Wildman–Crippen MR) is 73.8 cm³/mol. The minimum absolute atomic E-state index is 0.577. The number of benzene rings is 1.